The summed E-state index contributed by atoms with van der Waals surface area (Å²) >= 11 is 0. The maximum Gasteiger partial charge on any atom is 0.0101 e. The highest BCUT2D eigenvalue weighted by molar-refractivity contribution is 5.32. The summed E-state index contributed by atoms with van der Waals surface area (Å²) in [6, 6.07) is 21.1. The lowest BCUT2D eigenvalue weighted by atomic mass is 9.89. The molecule has 1 atom stereocenters. The smallest absolute Gasteiger partial charge is 0.0101 e. The van der Waals surface area contributed by atoms with Gasteiger partial charge in [-0.15, -0.1) is 0 Å². The summed E-state index contributed by atoms with van der Waals surface area (Å²) in [5, 5.41) is 0. The van der Waals surface area contributed by atoms with Gasteiger partial charge in [0.2, 0.25) is 0 Å². The normalized spacial score (nSPS) is 15.1. The maximum absolute atomic E-state index is 5.70. The molecule has 0 aromatic heterocycles. The average molecular weight is 459 g/mol. The van der Waals surface area contributed by atoms with Gasteiger partial charge >= 0.3 is 0 Å². The molecule has 1 aliphatic carbocycles. The summed E-state index contributed by atoms with van der Waals surface area (Å²) in [6.07, 6.45) is 4.68. The highest BCUT2D eigenvalue weighted by Gasteiger charge is 2.41. The molecule has 0 radical (unpaired) electrons. The lowest BCUT2D eigenvalue weighted by Gasteiger charge is -2.16. The Kier molecular flexibility index (Phi) is 20.0. The Labute approximate surface area is 205 Å². The highest BCUT2D eigenvalue weighted by atomic mass is 14.5. The Morgan fingerprint density at radius 3 is 1.30 bits per heavy atom. The molecule has 0 bridgehead atoms. The fraction of sp³-hybridized carbons (Fsp3) is 0.586. The van der Waals surface area contributed by atoms with Crippen molar-refractivity contribution >= 4 is 0 Å². The summed E-state index contributed by atoms with van der Waals surface area (Å²) in [5.41, 5.74) is 19.4. The molecular formula is C29H54N4. The zero-order valence-electron chi connectivity index (χ0n) is 22.4. The molecule has 3 rings (SSSR count). The van der Waals surface area contributed by atoms with Gasteiger partial charge < -0.3 is 23.4 Å². The fourth-order valence-electron chi connectivity index (χ4n) is 3.13. The van der Waals surface area contributed by atoms with Crippen molar-refractivity contribution in [1.29, 1.82) is 0 Å². The van der Waals surface area contributed by atoms with E-state index in [9.17, 15) is 0 Å². The van der Waals surface area contributed by atoms with Crippen LogP contribution in [-0.4, -0.2) is 19.6 Å². The molecule has 2 aromatic carbocycles. The molecule has 2 aromatic rings. The molecule has 0 aliphatic heterocycles. The lowest BCUT2D eigenvalue weighted by Crippen LogP contribution is -2.08. The molecule has 1 unspecified atom stereocenters. The molecule has 4 heteroatoms. The monoisotopic (exact) mass is 458 g/mol. The third-order valence-corrected chi connectivity index (χ3v) is 5.90. The SMILES string of the molecule is CC(C)CCN.CC1CC1(C)C.CCCN.N.NCCC(c1ccccc1)c1ccccc1. The largest absolute Gasteiger partial charge is 0.344 e. The summed E-state index contributed by atoms with van der Waals surface area (Å²) < 4.78 is 0. The summed E-state index contributed by atoms with van der Waals surface area (Å²) in [4.78, 5) is 0. The Balaban J connectivity index is 0. The predicted molar refractivity (Wildman–Crippen MR) is 149 cm³/mol. The van der Waals surface area contributed by atoms with Gasteiger partial charge in [-0.3, -0.25) is 0 Å². The molecule has 0 amide bonds. The van der Waals surface area contributed by atoms with Crippen molar-refractivity contribution in [2.24, 2.45) is 34.5 Å². The van der Waals surface area contributed by atoms with Crippen LogP contribution in [0.5, 0.6) is 0 Å². The van der Waals surface area contributed by atoms with Gasteiger partial charge in [0, 0.05) is 5.92 Å². The topological polar surface area (TPSA) is 113 Å². The lowest BCUT2D eigenvalue weighted by molar-refractivity contribution is 0.586. The van der Waals surface area contributed by atoms with E-state index in [4.69, 9.17) is 17.2 Å². The molecule has 0 heterocycles. The Morgan fingerprint density at radius 1 is 0.788 bits per heavy atom. The van der Waals surface area contributed by atoms with Crippen LogP contribution < -0.4 is 23.4 Å². The van der Waals surface area contributed by atoms with E-state index in [0.29, 0.717) is 17.9 Å². The van der Waals surface area contributed by atoms with Gasteiger partial charge in [0.15, 0.2) is 0 Å². The van der Waals surface area contributed by atoms with Crippen molar-refractivity contribution in [2.45, 2.75) is 73.1 Å². The van der Waals surface area contributed by atoms with Gasteiger partial charge in [-0.05, 0) is 73.7 Å². The van der Waals surface area contributed by atoms with Crippen molar-refractivity contribution < 1.29 is 0 Å². The number of benzene rings is 2. The Bertz CT molecular complexity index is 614. The number of hydrogen-bond acceptors (Lipinski definition) is 4. The number of rotatable bonds is 7. The molecule has 1 aliphatic rings. The van der Waals surface area contributed by atoms with E-state index in [2.05, 4.69) is 90.1 Å². The minimum Gasteiger partial charge on any atom is -0.344 e. The van der Waals surface area contributed by atoms with E-state index >= 15 is 0 Å². The Hall–Kier alpha value is -1.72. The maximum atomic E-state index is 5.70. The van der Waals surface area contributed by atoms with Crippen molar-refractivity contribution in [2.75, 3.05) is 19.6 Å². The van der Waals surface area contributed by atoms with E-state index in [1.807, 2.05) is 12.1 Å². The fourth-order valence-corrected chi connectivity index (χ4v) is 3.13. The van der Waals surface area contributed by atoms with Crippen LogP contribution in [0, 0.1) is 17.3 Å². The summed E-state index contributed by atoms with van der Waals surface area (Å²) in [5.74, 6) is 2.19. The molecule has 1 saturated carbocycles. The third kappa shape index (κ3) is 16.5. The van der Waals surface area contributed by atoms with Gasteiger partial charge in [0.1, 0.15) is 0 Å². The van der Waals surface area contributed by atoms with Crippen LogP contribution in [0.4, 0.5) is 0 Å². The second kappa shape index (κ2) is 19.7. The van der Waals surface area contributed by atoms with E-state index in [0.717, 1.165) is 44.2 Å². The van der Waals surface area contributed by atoms with Gasteiger partial charge in [0.25, 0.3) is 0 Å². The van der Waals surface area contributed by atoms with Crippen LogP contribution in [0.3, 0.4) is 0 Å². The zero-order valence-corrected chi connectivity index (χ0v) is 22.4. The van der Waals surface area contributed by atoms with Crippen LogP contribution >= 0.6 is 0 Å². The van der Waals surface area contributed by atoms with Crippen LogP contribution in [0.15, 0.2) is 60.7 Å². The minimum absolute atomic E-state index is 0. The van der Waals surface area contributed by atoms with Gasteiger partial charge in [-0.2, -0.15) is 0 Å². The first-order valence-corrected chi connectivity index (χ1v) is 12.4. The molecule has 33 heavy (non-hydrogen) atoms. The standard InChI is InChI=1S/C15H17N.C6H12.C5H13N.C3H9N.H3N/c16-12-11-15(13-7-3-1-4-8-13)14-9-5-2-6-10-14;1-5-4-6(5,2)3;1-5(2)3-4-6;1-2-3-4;/h1-10,15H,11-12,16H2;5H,4H2,1-3H3;5H,3-4,6H2,1-2H3;2-4H2,1H3;1H3. The van der Waals surface area contributed by atoms with E-state index < -0.39 is 0 Å². The van der Waals surface area contributed by atoms with Crippen molar-refractivity contribution in [3.8, 4) is 0 Å². The van der Waals surface area contributed by atoms with Crippen molar-refractivity contribution in [3.63, 3.8) is 0 Å². The Morgan fingerprint density at radius 2 is 1.12 bits per heavy atom. The van der Waals surface area contributed by atoms with Crippen molar-refractivity contribution in [3.05, 3.63) is 71.8 Å². The minimum atomic E-state index is 0. The zero-order chi connectivity index (χ0) is 24.4. The molecule has 1 fully saturated rings. The van der Waals surface area contributed by atoms with Gasteiger partial charge in [0.05, 0.1) is 0 Å². The van der Waals surface area contributed by atoms with Crippen LogP contribution in [0.1, 0.15) is 84.3 Å². The van der Waals surface area contributed by atoms with E-state index in [-0.39, 0.29) is 6.15 Å². The summed E-state index contributed by atoms with van der Waals surface area (Å²) in [6.45, 7) is 15.7. The first-order chi connectivity index (χ1) is 15.2. The quantitative estimate of drug-likeness (QED) is 0.368. The third-order valence-electron chi connectivity index (χ3n) is 5.90. The molecule has 9 N–H and O–H groups in total. The molecule has 190 valence electrons. The predicted octanol–water partition coefficient (Wildman–Crippen LogP) is 6.73. The first-order valence-electron chi connectivity index (χ1n) is 12.4. The number of nitrogens with two attached hydrogens (primary N) is 3. The average Bonchev–Trinajstić information content (AvgIpc) is 3.36. The molecule has 4 nitrogen and oxygen atoms in total. The molecule has 0 spiro atoms. The van der Waals surface area contributed by atoms with E-state index in [1.165, 1.54) is 17.5 Å². The van der Waals surface area contributed by atoms with Crippen molar-refractivity contribution in [1.82, 2.24) is 6.15 Å². The van der Waals surface area contributed by atoms with Crippen LogP contribution in [0.2, 0.25) is 0 Å². The van der Waals surface area contributed by atoms with Crippen LogP contribution in [-0.2, 0) is 0 Å². The summed E-state index contributed by atoms with van der Waals surface area (Å²) in [7, 11) is 0. The first kappa shape index (κ1) is 33.5. The number of hydrogen-bond donors (Lipinski definition) is 4. The second-order valence-corrected chi connectivity index (χ2v) is 9.80. The molecular weight excluding hydrogens is 404 g/mol. The molecule has 0 saturated heterocycles. The van der Waals surface area contributed by atoms with Gasteiger partial charge in [-0.25, -0.2) is 0 Å². The highest BCUT2D eigenvalue weighted by Crippen LogP contribution is 2.50. The van der Waals surface area contributed by atoms with Crippen LogP contribution in [0.25, 0.3) is 0 Å². The van der Waals surface area contributed by atoms with E-state index in [1.54, 1.807) is 0 Å². The second-order valence-electron chi connectivity index (χ2n) is 9.80. The van der Waals surface area contributed by atoms with Gasteiger partial charge in [-0.1, -0.05) is 102 Å².